The summed E-state index contributed by atoms with van der Waals surface area (Å²) in [6, 6.07) is 0. The summed E-state index contributed by atoms with van der Waals surface area (Å²) in [6.45, 7) is 3.25. The van der Waals surface area contributed by atoms with Gasteiger partial charge in [0, 0.05) is 38.7 Å². The predicted molar refractivity (Wildman–Crippen MR) is 74.9 cm³/mol. The molecule has 1 atom stereocenters. The largest absolute Gasteiger partial charge is 0.449 e. The first-order valence-electron chi connectivity index (χ1n) is 6.67. The lowest BCUT2D eigenvalue weighted by Gasteiger charge is -2.16. The van der Waals surface area contributed by atoms with Crippen molar-refractivity contribution < 1.29 is 34.1 Å². The molecule has 0 aliphatic heterocycles. The summed E-state index contributed by atoms with van der Waals surface area (Å²) in [5, 5.41) is 19.9. The van der Waals surface area contributed by atoms with E-state index in [1.165, 1.54) is 0 Å². The van der Waals surface area contributed by atoms with Gasteiger partial charge >= 0.3 is 6.09 Å². The second-order valence-corrected chi connectivity index (χ2v) is 4.01. The summed E-state index contributed by atoms with van der Waals surface area (Å²) >= 11 is 0. The Hall–Kier alpha value is -1.51. The maximum Gasteiger partial charge on any atom is 0.407 e. The van der Waals surface area contributed by atoms with E-state index in [0.717, 1.165) is 0 Å². The monoisotopic (exact) mass is 307 g/mol. The first kappa shape index (κ1) is 21.8. The topological polar surface area (TPSA) is 122 Å². The van der Waals surface area contributed by atoms with Crippen molar-refractivity contribution >= 4 is 19.2 Å². The van der Waals surface area contributed by atoms with E-state index in [1.54, 1.807) is 0 Å². The number of carbonyl (C=O) groups excluding carboxylic acids is 3. The van der Waals surface area contributed by atoms with Crippen LogP contribution in [0.4, 0.5) is 4.79 Å². The Morgan fingerprint density at radius 2 is 1.95 bits per heavy atom. The van der Waals surface area contributed by atoms with Crippen molar-refractivity contribution in [1.82, 2.24) is 5.32 Å². The first-order valence-corrected chi connectivity index (χ1v) is 6.67. The van der Waals surface area contributed by atoms with Crippen LogP contribution >= 0.6 is 0 Å². The van der Waals surface area contributed by atoms with E-state index in [1.807, 2.05) is 6.79 Å². The molecule has 8 heteroatoms. The van der Waals surface area contributed by atoms with Crippen LogP contribution in [0.25, 0.3) is 0 Å². The molecule has 0 heterocycles. The van der Waals surface area contributed by atoms with Gasteiger partial charge in [-0.05, 0) is 12.8 Å². The molecule has 0 aliphatic carbocycles. The van der Waals surface area contributed by atoms with Gasteiger partial charge in [0.05, 0.1) is 13.2 Å². The van der Waals surface area contributed by atoms with Gasteiger partial charge in [-0.2, -0.15) is 0 Å². The van der Waals surface area contributed by atoms with Gasteiger partial charge in [0.1, 0.15) is 13.1 Å². The summed E-state index contributed by atoms with van der Waals surface area (Å²) in [6.07, 6.45) is 1.41. The van der Waals surface area contributed by atoms with Crippen LogP contribution in [-0.2, 0) is 19.1 Å². The Balaban J connectivity index is 0. The molecule has 0 rings (SSSR count). The quantitative estimate of drug-likeness (QED) is 0.328. The molecule has 0 fully saturated rings. The summed E-state index contributed by atoms with van der Waals surface area (Å²) in [5.74, 6) is -0.0829. The molecule has 0 aromatic carbocycles. The van der Waals surface area contributed by atoms with E-state index in [0.29, 0.717) is 32.3 Å². The van der Waals surface area contributed by atoms with E-state index in [-0.39, 0.29) is 38.7 Å². The van der Waals surface area contributed by atoms with Gasteiger partial charge in [-0.25, -0.2) is 4.79 Å². The molecule has 0 saturated heterocycles. The highest BCUT2D eigenvalue weighted by molar-refractivity contribution is 5.67. The molecule has 1 amide bonds. The lowest BCUT2D eigenvalue weighted by molar-refractivity contribution is -0.107. The highest BCUT2D eigenvalue weighted by atomic mass is 16.5. The zero-order chi connectivity index (χ0) is 16.3. The fraction of sp³-hybridized carbons (Fsp3) is 0.769. The van der Waals surface area contributed by atoms with Crippen LogP contribution in [0.1, 0.15) is 19.3 Å². The minimum Gasteiger partial charge on any atom is -0.449 e. The van der Waals surface area contributed by atoms with Crippen molar-refractivity contribution in [3.8, 4) is 0 Å². The van der Waals surface area contributed by atoms with Crippen LogP contribution in [0.2, 0.25) is 0 Å². The third-order valence-corrected chi connectivity index (χ3v) is 2.32. The number of rotatable bonds is 12. The maximum absolute atomic E-state index is 11.2. The molecular formula is C13H25NO7. The molecule has 0 aliphatic rings. The summed E-state index contributed by atoms with van der Waals surface area (Å²) in [7, 11) is 0. The fourth-order valence-corrected chi connectivity index (χ4v) is 1.29. The Labute approximate surface area is 124 Å². The first-order chi connectivity index (χ1) is 10.2. The van der Waals surface area contributed by atoms with Crippen molar-refractivity contribution in [1.29, 1.82) is 0 Å². The van der Waals surface area contributed by atoms with Gasteiger partial charge in [0.2, 0.25) is 0 Å². The van der Waals surface area contributed by atoms with E-state index in [4.69, 9.17) is 24.5 Å². The lowest BCUT2D eigenvalue weighted by atomic mass is 10.1. The molecular weight excluding hydrogens is 282 g/mol. The van der Waals surface area contributed by atoms with Crippen molar-refractivity contribution in [2.24, 2.45) is 5.92 Å². The molecule has 0 radical (unpaired) electrons. The number of carbonyl (C=O) groups is 3. The minimum atomic E-state index is -0.583. The van der Waals surface area contributed by atoms with E-state index in [2.05, 4.69) is 5.32 Å². The third kappa shape index (κ3) is 16.4. The number of nitrogens with one attached hydrogen (secondary N) is 1. The molecule has 124 valence electrons. The van der Waals surface area contributed by atoms with Gasteiger partial charge in [-0.1, -0.05) is 0 Å². The number of aliphatic hydroxyl groups excluding tert-OH is 2. The number of alkyl carbamates (subject to hydrolysis) is 1. The van der Waals surface area contributed by atoms with Crippen LogP contribution in [0.5, 0.6) is 0 Å². The van der Waals surface area contributed by atoms with Crippen LogP contribution < -0.4 is 5.32 Å². The fourth-order valence-electron chi connectivity index (χ4n) is 1.29. The van der Waals surface area contributed by atoms with Crippen LogP contribution in [0, 0.1) is 5.92 Å². The van der Waals surface area contributed by atoms with Gasteiger partial charge in [0.15, 0.2) is 0 Å². The normalized spacial score (nSPS) is 11.0. The van der Waals surface area contributed by atoms with E-state index >= 15 is 0 Å². The molecule has 0 aromatic rings. The highest BCUT2D eigenvalue weighted by Gasteiger charge is 2.11. The van der Waals surface area contributed by atoms with Gasteiger partial charge in [-0.3, -0.25) is 0 Å². The van der Waals surface area contributed by atoms with E-state index in [9.17, 15) is 9.59 Å². The highest BCUT2D eigenvalue weighted by Crippen LogP contribution is 2.05. The molecule has 8 nitrogen and oxygen atoms in total. The van der Waals surface area contributed by atoms with Gasteiger partial charge in [0.25, 0.3) is 0 Å². The Bertz CT molecular complexity index is 251. The molecule has 3 N–H and O–H groups in total. The second-order valence-electron chi connectivity index (χ2n) is 4.01. The zero-order valence-electron chi connectivity index (χ0n) is 12.2. The SMILES string of the molecule is C=O.O=CCCNC(=O)OCC(CCO)COCCCO. The van der Waals surface area contributed by atoms with Crippen molar-refractivity contribution in [2.45, 2.75) is 19.3 Å². The molecule has 0 saturated carbocycles. The standard InChI is InChI=1S/C12H23NO6.CH2O/c14-5-1-4-13-12(17)19-10-11(3-7-16)9-18-8-2-6-15;1-2/h5,11,15-16H,1-4,6-10H2,(H,13,17);1H2. The smallest absolute Gasteiger partial charge is 0.407 e. The average Bonchev–Trinajstić information content (AvgIpc) is 2.51. The summed E-state index contributed by atoms with van der Waals surface area (Å²) in [5.41, 5.74) is 0. The summed E-state index contributed by atoms with van der Waals surface area (Å²) in [4.78, 5) is 29.3. The Kier molecular flexibility index (Phi) is 19.2. The maximum atomic E-state index is 11.2. The van der Waals surface area contributed by atoms with Crippen LogP contribution in [0.15, 0.2) is 0 Å². The molecule has 0 aromatic heterocycles. The average molecular weight is 307 g/mol. The van der Waals surface area contributed by atoms with Crippen molar-refractivity contribution in [2.75, 3.05) is 39.6 Å². The zero-order valence-corrected chi connectivity index (χ0v) is 12.2. The number of ether oxygens (including phenoxy) is 2. The summed E-state index contributed by atoms with van der Waals surface area (Å²) < 4.78 is 10.2. The number of amides is 1. The van der Waals surface area contributed by atoms with Crippen molar-refractivity contribution in [3.63, 3.8) is 0 Å². The molecule has 21 heavy (non-hydrogen) atoms. The molecule has 0 spiro atoms. The number of hydrogen-bond acceptors (Lipinski definition) is 7. The van der Waals surface area contributed by atoms with Crippen LogP contribution in [-0.4, -0.2) is 69.0 Å². The minimum absolute atomic E-state index is 0.00977. The Morgan fingerprint density at radius 1 is 1.24 bits per heavy atom. The van der Waals surface area contributed by atoms with Gasteiger partial charge < -0.3 is 34.6 Å². The number of aldehydes is 1. The lowest BCUT2D eigenvalue weighted by Crippen LogP contribution is -2.29. The third-order valence-electron chi connectivity index (χ3n) is 2.32. The second kappa shape index (κ2) is 18.5. The van der Waals surface area contributed by atoms with Crippen molar-refractivity contribution in [3.05, 3.63) is 0 Å². The van der Waals surface area contributed by atoms with Crippen LogP contribution in [0.3, 0.4) is 0 Å². The van der Waals surface area contributed by atoms with E-state index < -0.39 is 6.09 Å². The molecule has 0 bridgehead atoms. The molecule has 1 unspecified atom stereocenters. The number of aliphatic hydroxyl groups is 2. The Morgan fingerprint density at radius 3 is 2.52 bits per heavy atom. The number of hydrogen-bond donors (Lipinski definition) is 3. The predicted octanol–water partition coefficient (Wildman–Crippen LogP) is -0.486. The van der Waals surface area contributed by atoms with Gasteiger partial charge in [-0.15, -0.1) is 0 Å².